The number of methoxy groups -OCH3 is 1. The summed E-state index contributed by atoms with van der Waals surface area (Å²) in [6.07, 6.45) is 2.88. The monoisotopic (exact) mass is 376 g/mol. The fourth-order valence-electron chi connectivity index (χ4n) is 2.49. The quantitative estimate of drug-likeness (QED) is 0.614. The lowest BCUT2D eigenvalue weighted by atomic mass is 10.1. The summed E-state index contributed by atoms with van der Waals surface area (Å²) >= 11 is 0. The molecular weight excluding hydrogens is 356 g/mol. The number of carbonyl (C=O) groups is 2. The third kappa shape index (κ3) is 4.91. The number of Topliss-reactive ketones (excluding diaryl/α,β-unsaturated/α-hetero) is 1. The zero-order chi connectivity index (χ0) is 19.9. The first-order valence-electron chi connectivity index (χ1n) is 8.66. The Morgan fingerprint density at radius 2 is 1.82 bits per heavy atom. The van der Waals surface area contributed by atoms with E-state index in [9.17, 15) is 9.59 Å². The fraction of sp³-hybridized carbons (Fsp3) is 0.143. The van der Waals surface area contributed by atoms with Crippen LogP contribution in [0.4, 0.5) is 11.5 Å². The van der Waals surface area contributed by atoms with E-state index < -0.39 is 0 Å². The van der Waals surface area contributed by atoms with Crippen molar-refractivity contribution in [1.29, 1.82) is 0 Å². The molecule has 0 aliphatic rings. The number of anilines is 2. The van der Waals surface area contributed by atoms with Crippen LogP contribution in [0.3, 0.4) is 0 Å². The molecule has 0 saturated heterocycles. The second-order valence-electron chi connectivity index (χ2n) is 6.08. The Morgan fingerprint density at radius 1 is 1.04 bits per heavy atom. The van der Waals surface area contributed by atoms with Crippen molar-refractivity contribution in [1.82, 2.24) is 15.3 Å². The number of nitrogens with zero attached hydrogens (tertiary/aromatic N) is 2. The van der Waals surface area contributed by atoms with E-state index in [4.69, 9.17) is 4.74 Å². The molecule has 0 unspecified atom stereocenters. The van der Waals surface area contributed by atoms with Crippen molar-refractivity contribution in [3.05, 3.63) is 77.7 Å². The van der Waals surface area contributed by atoms with Gasteiger partial charge in [-0.15, -0.1) is 0 Å². The molecule has 7 nitrogen and oxygen atoms in total. The number of ether oxygens (including phenoxy) is 1. The van der Waals surface area contributed by atoms with Gasteiger partial charge in [-0.25, -0.2) is 9.97 Å². The van der Waals surface area contributed by atoms with Crippen molar-refractivity contribution in [3.8, 4) is 5.75 Å². The molecular formula is C21H20N4O3. The van der Waals surface area contributed by atoms with Gasteiger partial charge >= 0.3 is 0 Å². The van der Waals surface area contributed by atoms with Crippen LogP contribution in [-0.2, 0) is 6.54 Å². The van der Waals surface area contributed by atoms with Gasteiger partial charge < -0.3 is 15.4 Å². The summed E-state index contributed by atoms with van der Waals surface area (Å²) in [4.78, 5) is 32.1. The number of aromatic nitrogens is 2. The number of benzene rings is 2. The average molecular weight is 376 g/mol. The topological polar surface area (TPSA) is 93.2 Å². The predicted octanol–water partition coefficient (Wildman–Crippen LogP) is 3.36. The second-order valence-corrected chi connectivity index (χ2v) is 6.08. The van der Waals surface area contributed by atoms with Crippen LogP contribution in [0.2, 0.25) is 0 Å². The van der Waals surface area contributed by atoms with Gasteiger partial charge in [-0.3, -0.25) is 9.59 Å². The van der Waals surface area contributed by atoms with Gasteiger partial charge in [-0.1, -0.05) is 24.3 Å². The van der Waals surface area contributed by atoms with Crippen LogP contribution in [0.25, 0.3) is 0 Å². The molecule has 0 aliphatic carbocycles. The van der Waals surface area contributed by atoms with Crippen molar-refractivity contribution in [2.24, 2.45) is 0 Å². The molecule has 2 aromatic carbocycles. The highest BCUT2D eigenvalue weighted by Crippen LogP contribution is 2.16. The van der Waals surface area contributed by atoms with Gasteiger partial charge in [0, 0.05) is 17.8 Å². The third-order valence-electron chi connectivity index (χ3n) is 4.04. The number of nitrogens with one attached hydrogen (secondary N) is 2. The number of amides is 1. The van der Waals surface area contributed by atoms with Crippen LogP contribution in [-0.4, -0.2) is 28.8 Å². The molecule has 0 saturated carbocycles. The molecule has 3 aromatic rings. The van der Waals surface area contributed by atoms with Gasteiger partial charge in [0.05, 0.1) is 19.5 Å². The Hall–Kier alpha value is -3.74. The van der Waals surface area contributed by atoms with Crippen molar-refractivity contribution in [2.45, 2.75) is 13.5 Å². The SMILES string of the molecule is COc1ccc(CNC(=O)c2cnc(Nc3cccc(C(C)=O)c3)cn2)cc1. The number of hydrogen-bond donors (Lipinski definition) is 2. The average Bonchev–Trinajstić information content (AvgIpc) is 2.73. The molecule has 1 amide bonds. The molecule has 0 aliphatic heterocycles. The molecule has 28 heavy (non-hydrogen) atoms. The van der Waals surface area contributed by atoms with Crippen molar-refractivity contribution < 1.29 is 14.3 Å². The minimum atomic E-state index is -0.312. The van der Waals surface area contributed by atoms with Crippen LogP contribution in [0.1, 0.15) is 33.3 Å². The van der Waals surface area contributed by atoms with Gasteiger partial charge in [0.15, 0.2) is 5.78 Å². The molecule has 0 fully saturated rings. The van der Waals surface area contributed by atoms with Gasteiger partial charge in [-0.2, -0.15) is 0 Å². The maximum Gasteiger partial charge on any atom is 0.271 e. The molecule has 7 heteroatoms. The number of rotatable bonds is 7. The van der Waals surface area contributed by atoms with E-state index in [-0.39, 0.29) is 17.4 Å². The number of ketones is 1. The second kappa shape index (κ2) is 8.77. The van der Waals surface area contributed by atoms with E-state index in [0.717, 1.165) is 17.0 Å². The summed E-state index contributed by atoms with van der Waals surface area (Å²) in [5.41, 5.74) is 2.49. The Balaban J connectivity index is 1.59. The lowest BCUT2D eigenvalue weighted by molar-refractivity contribution is 0.0944. The Bertz CT molecular complexity index is 970. The van der Waals surface area contributed by atoms with Crippen molar-refractivity contribution in [3.63, 3.8) is 0 Å². The zero-order valence-corrected chi connectivity index (χ0v) is 15.6. The van der Waals surface area contributed by atoms with Crippen molar-refractivity contribution in [2.75, 3.05) is 12.4 Å². The first kappa shape index (κ1) is 19.0. The Morgan fingerprint density at radius 3 is 2.46 bits per heavy atom. The predicted molar refractivity (Wildman–Crippen MR) is 106 cm³/mol. The van der Waals surface area contributed by atoms with Crippen LogP contribution in [0, 0.1) is 0 Å². The Kier molecular flexibility index (Phi) is 5.96. The number of hydrogen-bond acceptors (Lipinski definition) is 6. The summed E-state index contributed by atoms with van der Waals surface area (Å²) in [5, 5.41) is 5.87. The standard InChI is InChI=1S/C21H20N4O3/c1-14(26)16-4-3-5-17(10-16)25-20-13-22-19(12-23-20)21(27)24-11-15-6-8-18(28-2)9-7-15/h3-10,12-13H,11H2,1-2H3,(H,23,25)(H,24,27). The highest BCUT2D eigenvalue weighted by atomic mass is 16.5. The van der Waals surface area contributed by atoms with E-state index in [1.807, 2.05) is 30.3 Å². The van der Waals surface area contributed by atoms with E-state index in [1.165, 1.54) is 19.3 Å². The number of carbonyl (C=O) groups excluding carboxylic acids is 2. The summed E-state index contributed by atoms with van der Waals surface area (Å²) in [7, 11) is 1.61. The molecule has 3 rings (SSSR count). The van der Waals surface area contributed by atoms with Crippen LogP contribution in [0.5, 0.6) is 5.75 Å². The summed E-state index contributed by atoms with van der Waals surface area (Å²) in [5.74, 6) is 0.914. The van der Waals surface area contributed by atoms with E-state index in [2.05, 4.69) is 20.6 Å². The van der Waals surface area contributed by atoms with Gasteiger partial charge in [-0.05, 0) is 36.8 Å². The van der Waals surface area contributed by atoms with Gasteiger partial charge in [0.2, 0.25) is 0 Å². The summed E-state index contributed by atoms with van der Waals surface area (Å²) < 4.78 is 5.11. The molecule has 0 bridgehead atoms. The fourth-order valence-corrected chi connectivity index (χ4v) is 2.49. The first-order chi connectivity index (χ1) is 13.5. The van der Waals surface area contributed by atoms with E-state index in [0.29, 0.717) is 17.9 Å². The molecule has 2 N–H and O–H groups in total. The van der Waals surface area contributed by atoms with Crippen LogP contribution in [0.15, 0.2) is 60.9 Å². The first-order valence-corrected chi connectivity index (χ1v) is 8.66. The minimum Gasteiger partial charge on any atom is -0.497 e. The maximum absolute atomic E-state index is 12.2. The van der Waals surface area contributed by atoms with Gasteiger partial charge in [0.25, 0.3) is 5.91 Å². The van der Waals surface area contributed by atoms with Crippen LogP contribution >= 0.6 is 0 Å². The highest BCUT2D eigenvalue weighted by molar-refractivity contribution is 5.95. The van der Waals surface area contributed by atoms with Crippen LogP contribution < -0.4 is 15.4 Å². The smallest absolute Gasteiger partial charge is 0.271 e. The molecule has 0 spiro atoms. The largest absolute Gasteiger partial charge is 0.497 e. The lowest BCUT2D eigenvalue weighted by Gasteiger charge is -2.08. The zero-order valence-electron chi connectivity index (χ0n) is 15.6. The maximum atomic E-state index is 12.2. The van der Waals surface area contributed by atoms with E-state index in [1.54, 1.807) is 25.3 Å². The third-order valence-corrected chi connectivity index (χ3v) is 4.04. The normalized spacial score (nSPS) is 10.2. The Labute approximate surface area is 162 Å². The lowest BCUT2D eigenvalue weighted by Crippen LogP contribution is -2.24. The summed E-state index contributed by atoms with van der Waals surface area (Å²) in [6, 6.07) is 14.5. The summed E-state index contributed by atoms with van der Waals surface area (Å²) in [6.45, 7) is 1.89. The molecule has 0 atom stereocenters. The van der Waals surface area contributed by atoms with E-state index >= 15 is 0 Å². The van der Waals surface area contributed by atoms with Crippen molar-refractivity contribution >= 4 is 23.2 Å². The molecule has 1 heterocycles. The minimum absolute atomic E-state index is 0.0152. The highest BCUT2D eigenvalue weighted by Gasteiger charge is 2.08. The molecule has 142 valence electrons. The molecule has 0 radical (unpaired) electrons. The van der Waals surface area contributed by atoms with Gasteiger partial charge in [0.1, 0.15) is 17.3 Å². The molecule has 1 aromatic heterocycles.